The number of carbonyl (C=O) groups is 1. The maximum absolute atomic E-state index is 11.8. The predicted molar refractivity (Wildman–Crippen MR) is 73.6 cm³/mol. The molecule has 0 bridgehead atoms. The van der Waals surface area contributed by atoms with E-state index in [0.717, 1.165) is 38.4 Å². The molecule has 4 nitrogen and oxygen atoms in total. The van der Waals surface area contributed by atoms with Crippen molar-refractivity contribution in [2.45, 2.75) is 39.7 Å². The average Bonchev–Trinajstić information content (AvgIpc) is 2.36. The lowest BCUT2D eigenvalue weighted by Crippen LogP contribution is -2.43. The molecular formula is C14H28N2O2. The molecule has 18 heavy (non-hydrogen) atoms. The molecule has 1 saturated heterocycles. The Labute approximate surface area is 111 Å². The van der Waals surface area contributed by atoms with E-state index in [-0.39, 0.29) is 12.5 Å². The van der Waals surface area contributed by atoms with Gasteiger partial charge in [-0.05, 0) is 46.6 Å². The molecule has 0 aromatic carbocycles. The van der Waals surface area contributed by atoms with Crippen molar-refractivity contribution in [1.29, 1.82) is 0 Å². The van der Waals surface area contributed by atoms with Crippen LogP contribution < -0.4 is 0 Å². The Morgan fingerprint density at radius 3 is 2.50 bits per heavy atom. The standard InChI is InChI=1S/C14H28N2O2/c1-5-18-11-14(17)16-8-6-13(7-9-16)10-15(4)12(2)3/h12-13H,5-11H2,1-4H3. The van der Waals surface area contributed by atoms with Crippen molar-refractivity contribution in [2.24, 2.45) is 5.92 Å². The Morgan fingerprint density at radius 1 is 1.39 bits per heavy atom. The number of carbonyl (C=O) groups excluding carboxylic acids is 1. The van der Waals surface area contributed by atoms with Gasteiger partial charge < -0.3 is 14.5 Å². The number of piperidine rings is 1. The van der Waals surface area contributed by atoms with Crippen LogP contribution in [-0.4, -0.2) is 61.6 Å². The largest absolute Gasteiger partial charge is 0.372 e. The van der Waals surface area contributed by atoms with Gasteiger partial charge in [0.15, 0.2) is 0 Å². The molecule has 0 spiro atoms. The van der Waals surface area contributed by atoms with Crippen LogP contribution in [0.5, 0.6) is 0 Å². The summed E-state index contributed by atoms with van der Waals surface area (Å²) in [5, 5.41) is 0. The molecule has 1 fully saturated rings. The second-order valence-corrected chi connectivity index (χ2v) is 5.49. The minimum Gasteiger partial charge on any atom is -0.372 e. The molecule has 0 N–H and O–H groups in total. The van der Waals surface area contributed by atoms with Gasteiger partial charge in [-0.1, -0.05) is 0 Å². The highest BCUT2D eigenvalue weighted by Crippen LogP contribution is 2.18. The smallest absolute Gasteiger partial charge is 0.248 e. The zero-order chi connectivity index (χ0) is 13.5. The molecule has 1 aliphatic heterocycles. The molecule has 1 aliphatic rings. The highest BCUT2D eigenvalue weighted by Gasteiger charge is 2.23. The number of rotatable bonds is 6. The van der Waals surface area contributed by atoms with Crippen molar-refractivity contribution in [2.75, 3.05) is 39.9 Å². The first-order chi connectivity index (χ1) is 8.54. The van der Waals surface area contributed by atoms with Gasteiger partial charge in [0.25, 0.3) is 0 Å². The van der Waals surface area contributed by atoms with Crippen LogP contribution in [0.2, 0.25) is 0 Å². The molecule has 0 aromatic heterocycles. The summed E-state index contributed by atoms with van der Waals surface area (Å²) in [4.78, 5) is 16.1. The molecule has 0 aromatic rings. The van der Waals surface area contributed by atoms with Crippen LogP contribution in [0.25, 0.3) is 0 Å². The fraction of sp³-hybridized carbons (Fsp3) is 0.929. The van der Waals surface area contributed by atoms with Crippen molar-refractivity contribution < 1.29 is 9.53 Å². The molecule has 0 aliphatic carbocycles. The third-order valence-electron chi connectivity index (χ3n) is 3.82. The molecule has 0 radical (unpaired) electrons. The summed E-state index contributed by atoms with van der Waals surface area (Å²) < 4.78 is 5.17. The Balaban J connectivity index is 2.26. The van der Waals surface area contributed by atoms with E-state index in [1.807, 2.05) is 11.8 Å². The van der Waals surface area contributed by atoms with E-state index < -0.39 is 0 Å². The highest BCUT2D eigenvalue weighted by molar-refractivity contribution is 5.77. The molecule has 4 heteroatoms. The van der Waals surface area contributed by atoms with Gasteiger partial charge in [-0.25, -0.2) is 0 Å². The third-order valence-corrected chi connectivity index (χ3v) is 3.82. The first-order valence-electron chi connectivity index (χ1n) is 7.10. The Morgan fingerprint density at radius 2 is 2.00 bits per heavy atom. The van der Waals surface area contributed by atoms with Crippen molar-refractivity contribution >= 4 is 5.91 Å². The lowest BCUT2D eigenvalue weighted by atomic mass is 9.96. The molecule has 106 valence electrons. The zero-order valence-corrected chi connectivity index (χ0v) is 12.3. The van der Waals surface area contributed by atoms with E-state index in [1.54, 1.807) is 0 Å². The number of hydrogen-bond acceptors (Lipinski definition) is 3. The van der Waals surface area contributed by atoms with Crippen LogP contribution in [0.4, 0.5) is 0 Å². The third kappa shape index (κ3) is 4.94. The Hall–Kier alpha value is -0.610. The quantitative estimate of drug-likeness (QED) is 0.723. The van der Waals surface area contributed by atoms with Crippen molar-refractivity contribution in [3.05, 3.63) is 0 Å². The van der Waals surface area contributed by atoms with E-state index in [0.29, 0.717) is 12.6 Å². The number of likely N-dealkylation sites (tertiary alicyclic amines) is 1. The van der Waals surface area contributed by atoms with Gasteiger partial charge in [-0.3, -0.25) is 4.79 Å². The van der Waals surface area contributed by atoms with E-state index >= 15 is 0 Å². The number of amides is 1. The molecule has 0 atom stereocenters. The van der Waals surface area contributed by atoms with Gasteiger partial charge >= 0.3 is 0 Å². The van der Waals surface area contributed by atoms with Crippen molar-refractivity contribution in [1.82, 2.24) is 9.80 Å². The predicted octanol–water partition coefficient (Wildman–Crippen LogP) is 1.60. The monoisotopic (exact) mass is 256 g/mol. The second-order valence-electron chi connectivity index (χ2n) is 5.49. The van der Waals surface area contributed by atoms with Crippen LogP contribution in [0.15, 0.2) is 0 Å². The Bertz CT molecular complexity index is 248. The number of hydrogen-bond donors (Lipinski definition) is 0. The van der Waals surface area contributed by atoms with Gasteiger partial charge in [-0.2, -0.15) is 0 Å². The van der Waals surface area contributed by atoms with Crippen molar-refractivity contribution in [3.8, 4) is 0 Å². The number of ether oxygens (including phenoxy) is 1. The van der Waals surface area contributed by atoms with E-state index in [1.165, 1.54) is 0 Å². The normalized spacial score (nSPS) is 17.8. The molecular weight excluding hydrogens is 228 g/mol. The van der Waals surface area contributed by atoms with Crippen LogP contribution in [-0.2, 0) is 9.53 Å². The fourth-order valence-electron chi connectivity index (χ4n) is 2.26. The van der Waals surface area contributed by atoms with Gasteiger partial charge in [-0.15, -0.1) is 0 Å². The minimum atomic E-state index is 0.146. The first-order valence-corrected chi connectivity index (χ1v) is 7.10. The average molecular weight is 256 g/mol. The zero-order valence-electron chi connectivity index (χ0n) is 12.3. The van der Waals surface area contributed by atoms with Crippen LogP contribution in [0.3, 0.4) is 0 Å². The maximum Gasteiger partial charge on any atom is 0.248 e. The number of nitrogens with zero attached hydrogens (tertiary/aromatic N) is 2. The molecule has 1 rings (SSSR count). The van der Waals surface area contributed by atoms with Gasteiger partial charge in [0, 0.05) is 32.3 Å². The van der Waals surface area contributed by atoms with E-state index in [9.17, 15) is 4.79 Å². The van der Waals surface area contributed by atoms with Gasteiger partial charge in [0.2, 0.25) is 5.91 Å². The van der Waals surface area contributed by atoms with E-state index in [2.05, 4.69) is 25.8 Å². The summed E-state index contributed by atoms with van der Waals surface area (Å²) in [5.41, 5.74) is 0. The lowest BCUT2D eigenvalue weighted by Gasteiger charge is -2.34. The summed E-state index contributed by atoms with van der Waals surface area (Å²) in [6.45, 7) is 10.1. The first kappa shape index (κ1) is 15.4. The summed E-state index contributed by atoms with van der Waals surface area (Å²) in [5.74, 6) is 0.876. The molecule has 1 amide bonds. The molecule has 1 heterocycles. The minimum absolute atomic E-state index is 0.146. The van der Waals surface area contributed by atoms with Crippen LogP contribution in [0.1, 0.15) is 33.6 Å². The maximum atomic E-state index is 11.8. The Kier molecular flexibility index (Phi) is 6.65. The summed E-state index contributed by atoms with van der Waals surface area (Å²) in [7, 11) is 2.18. The molecule has 0 unspecified atom stereocenters. The molecule has 0 saturated carbocycles. The van der Waals surface area contributed by atoms with Crippen LogP contribution >= 0.6 is 0 Å². The summed E-state index contributed by atoms with van der Waals surface area (Å²) in [6.07, 6.45) is 2.24. The van der Waals surface area contributed by atoms with Crippen LogP contribution in [0, 0.1) is 5.92 Å². The van der Waals surface area contributed by atoms with E-state index in [4.69, 9.17) is 4.74 Å². The highest BCUT2D eigenvalue weighted by atomic mass is 16.5. The fourth-order valence-corrected chi connectivity index (χ4v) is 2.26. The summed E-state index contributed by atoms with van der Waals surface area (Å²) >= 11 is 0. The topological polar surface area (TPSA) is 32.8 Å². The second kappa shape index (κ2) is 7.74. The van der Waals surface area contributed by atoms with Gasteiger partial charge in [0.1, 0.15) is 6.61 Å². The SMILES string of the molecule is CCOCC(=O)N1CCC(CN(C)C(C)C)CC1. The lowest BCUT2D eigenvalue weighted by molar-refractivity contribution is -0.137. The van der Waals surface area contributed by atoms with Crippen molar-refractivity contribution in [3.63, 3.8) is 0 Å². The van der Waals surface area contributed by atoms with Gasteiger partial charge in [0.05, 0.1) is 0 Å². The summed E-state index contributed by atoms with van der Waals surface area (Å²) in [6, 6.07) is 0.600.